The van der Waals surface area contributed by atoms with Gasteiger partial charge < -0.3 is 10.1 Å². The minimum Gasteiger partial charge on any atom is -0.465 e. The van der Waals surface area contributed by atoms with E-state index in [1.165, 1.54) is 24.8 Å². The van der Waals surface area contributed by atoms with Crippen molar-refractivity contribution in [2.24, 2.45) is 0 Å². The van der Waals surface area contributed by atoms with E-state index in [0.717, 1.165) is 12.0 Å². The molecule has 5 nitrogen and oxygen atoms in total. The summed E-state index contributed by atoms with van der Waals surface area (Å²) in [6.07, 6.45) is 0.811. The number of hydrogen-bond donors (Lipinski definition) is 1. The Hall–Kier alpha value is -3.80. The topological polar surface area (TPSA) is 64.1 Å². The largest absolute Gasteiger partial charge is 0.465 e. The number of nitrogens with zero attached hydrogens (tertiary/aromatic N) is 2. The quantitative estimate of drug-likeness (QED) is 0.467. The van der Waals surface area contributed by atoms with Crippen LogP contribution in [0, 0.1) is 5.82 Å². The summed E-state index contributed by atoms with van der Waals surface area (Å²) < 4.78 is 18.2. The van der Waals surface area contributed by atoms with Gasteiger partial charge in [0.1, 0.15) is 11.5 Å². The molecule has 0 saturated carbocycles. The van der Waals surface area contributed by atoms with Crippen LogP contribution in [0.5, 0.6) is 0 Å². The van der Waals surface area contributed by atoms with Gasteiger partial charge in [0.2, 0.25) is 0 Å². The third kappa shape index (κ3) is 4.27. The Labute approximate surface area is 173 Å². The summed E-state index contributed by atoms with van der Waals surface area (Å²) in [5, 5.41) is 3.35. The second-order valence-corrected chi connectivity index (χ2v) is 6.79. The third-order valence-electron chi connectivity index (χ3n) is 4.75. The van der Waals surface area contributed by atoms with Crippen LogP contribution in [-0.2, 0) is 11.2 Å². The Kier molecular flexibility index (Phi) is 5.66. The normalized spacial score (nSPS) is 10.7. The van der Waals surface area contributed by atoms with E-state index in [1.54, 1.807) is 30.3 Å². The van der Waals surface area contributed by atoms with Crippen molar-refractivity contribution in [2.45, 2.75) is 6.42 Å². The molecular formula is C24H20FN3O2. The van der Waals surface area contributed by atoms with Gasteiger partial charge in [-0.1, -0.05) is 30.3 Å². The first-order chi connectivity index (χ1) is 14.6. The molecule has 4 rings (SSSR count). The molecule has 0 aliphatic heterocycles. The molecule has 150 valence electrons. The first kappa shape index (κ1) is 19.5. The third-order valence-corrected chi connectivity index (χ3v) is 4.75. The van der Waals surface area contributed by atoms with Crippen LogP contribution in [0.25, 0.3) is 22.3 Å². The molecule has 0 bridgehead atoms. The number of nitrogens with one attached hydrogen (secondary N) is 1. The van der Waals surface area contributed by atoms with E-state index in [4.69, 9.17) is 14.7 Å². The maximum absolute atomic E-state index is 13.4. The first-order valence-electron chi connectivity index (χ1n) is 9.58. The molecule has 0 radical (unpaired) electrons. The summed E-state index contributed by atoms with van der Waals surface area (Å²) in [5.74, 6) is -0.166. The van der Waals surface area contributed by atoms with Crippen molar-refractivity contribution in [1.82, 2.24) is 9.97 Å². The lowest BCUT2D eigenvalue weighted by Crippen LogP contribution is -2.09. The van der Waals surface area contributed by atoms with Crippen molar-refractivity contribution in [3.05, 3.63) is 89.7 Å². The molecule has 0 aliphatic carbocycles. The summed E-state index contributed by atoms with van der Waals surface area (Å²) in [7, 11) is 1.34. The Bertz CT molecular complexity index is 1180. The van der Waals surface area contributed by atoms with Crippen LogP contribution in [0.2, 0.25) is 0 Å². The van der Waals surface area contributed by atoms with Crippen LogP contribution in [0.1, 0.15) is 15.9 Å². The van der Waals surface area contributed by atoms with Gasteiger partial charge in [0, 0.05) is 12.1 Å². The zero-order chi connectivity index (χ0) is 20.9. The summed E-state index contributed by atoms with van der Waals surface area (Å²) in [6, 6.07) is 21.3. The Morgan fingerprint density at radius 3 is 2.47 bits per heavy atom. The number of carbonyl (C=O) groups excluding carboxylic acids is 1. The number of carbonyl (C=O) groups is 1. The molecule has 4 aromatic rings. The fourth-order valence-electron chi connectivity index (χ4n) is 3.20. The minimum absolute atomic E-state index is 0.311. The van der Waals surface area contributed by atoms with Crippen molar-refractivity contribution >= 4 is 22.8 Å². The standard InChI is InChI=1S/C24H20FN3O2/c1-30-24(29)18-9-12-20-21(15-18)28-23(26-14-13-16-5-3-2-4-6-16)22(27-20)17-7-10-19(25)11-8-17/h2-12,15H,13-14H2,1H3,(H,26,28). The second-order valence-electron chi connectivity index (χ2n) is 6.79. The number of esters is 1. The van der Waals surface area contributed by atoms with Gasteiger partial charge in [0.25, 0.3) is 0 Å². The molecule has 0 aliphatic rings. The highest BCUT2D eigenvalue weighted by atomic mass is 19.1. The molecule has 0 unspecified atom stereocenters. The van der Waals surface area contributed by atoms with Gasteiger partial charge >= 0.3 is 5.97 Å². The van der Waals surface area contributed by atoms with E-state index >= 15 is 0 Å². The molecule has 0 atom stereocenters. The first-order valence-corrected chi connectivity index (χ1v) is 9.58. The molecule has 0 saturated heterocycles. The summed E-state index contributed by atoms with van der Waals surface area (Å²) in [4.78, 5) is 21.3. The van der Waals surface area contributed by atoms with Gasteiger partial charge in [0.15, 0.2) is 5.82 Å². The van der Waals surface area contributed by atoms with Crippen LogP contribution in [0.4, 0.5) is 10.2 Å². The summed E-state index contributed by atoms with van der Waals surface area (Å²) in [5.41, 5.74) is 4.20. The van der Waals surface area contributed by atoms with Crippen LogP contribution in [0.15, 0.2) is 72.8 Å². The highest BCUT2D eigenvalue weighted by molar-refractivity contribution is 5.94. The molecule has 0 amide bonds. The monoisotopic (exact) mass is 401 g/mol. The fraction of sp³-hybridized carbons (Fsp3) is 0.125. The Morgan fingerprint density at radius 2 is 1.73 bits per heavy atom. The van der Waals surface area contributed by atoms with Crippen molar-refractivity contribution in [2.75, 3.05) is 19.0 Å². The number of hydrogen-bond acceptors (Lipinski definition) is 5. The molecular weight excluding hydrogens is 381 g/mol. The maximum Gasteiger partial charge on any atom is 0.337 e. The lowest BCUT2D eigenvalue weighted by Gasteiger charge is -2.13. The van der Waals surface area contributed by atoms with E-state index in [2.05, 4.69) is 17.4 Å². The van der Waals surface area contributed by atoms with Crippen molar-refractivity contribution in [3.8, 4) is 11.3 Å². The van der Waals surface area contributed by atoms with Crippen molar-refractivity contribution in [1.29, 1.82) is 0 Å². The number of rotatable bonds is 6. The van der Waals surface area contributed by atoms with E-state index < -0.39 is 5.97 Å². The molecule has 0 fully saturated rings. The lowest BCUT2D eigenvalue weighted by atomic mass is 10.1. The SMILES string of the molecule is COC(=O)c1ccc2nc(-c3ccc(F)cc3)c(NCCc3ccccc3)nc2c1. The van der Waals surface area contributed by atoms with Crippen molar-refractivity contribution in [3.63, 3.8) is 0 Å². The maximum atomic E-state index is 13.4. The molecule has 3 aromatic carbocycles. The average Bonchev–Trinajstić information content (AvgIpc) is 2.79. The smallest absolute Gasteiger partial charge is 0.337 e. The Morgan fingerprint density at radius 1 is 0.967 bits per heavy atom. The van der Waals surface area contributed by atoms with Gasteiger partial charge in [-0.05, 0) is 54.4 Å². The molecule has 1 aromatic heterocycles. The Balaban J connectivity index is 1.71. The summed E-state index contributed by atoms with van der Waals surface area (Å²) >= 11 is 0. The number of ether oxygens (including phenoxy) is 1. The molecule has 0 spiro atoms. The molecule has 30 heavy (non-hydrogen) atoms. The van der Waals surface area contributed by atoms with Gasteiger partial charge in [-0.15, -0.1) is 0 Å². The van der Waals surface area contributed by atoms with Gasteiger partial charge in [-0.2, -0.15) is 0 Å². The molecule has 1 heterocycles. The number of methoxy groups -OCH3 is 1. The zero-order valence-corrected chi connectivity index (χ0v) is 16.4. The molecule has 1 N–H and O–H groups in total. The van der Waals surface area contributed by atoms with Gasteiger partial charge in [-0.3, -0.25) is 0 Å². The lowest BCUT2D eigenvalue weighted by molar-refractivity contribution is 0.0601. The number of halogens is 1. The van der Waals surface area contributed by atoms with Crippen molar-refractivity contribution < 1.29 is 13.9 Å². The highest BCUT2D eigenvalue weighted by Crippen LogP contribution is 2.28. The molecule has 6 heteroatoms. The van der Waals surface area contributed by atoms with Crippen LogP contribution < -0.4 is 5.32 Å². The van der Waals surface area contributed by atoms with E-state index in [9.17, 15) is 9.18 Å². The number of aromatic nitrogens is 2. The fourth-order valence-corrected chi connectivity index (χ4v) is 3.20. The van der Waals surface area contributed by atoms with Crippen LogP contribution >= 0.6 is 0 Å². The minimum atomic E-state index is -0.431. The van der Waals surface area contributed by atoms with E-state index in [0.29, 0.717) is 34.7 Å². The van der Waals surface area contributed by atoms with Crippen LogP contribution in [-0.4, -0.2) is 29.6 Å². The number of fused-ring (bicyclic) bond motifs is 1. The second kappa shape index (κ2) is 8.69. The van der Waals surface area contributed by atoms with E-state index in [1.807, 2.05) is 18.2 Å². The summed E-state index contributed by atoms with van der Waals surface area (Å²) in [6.45, 7) is 0.648. The van der Waals surface area contributed by atoms with E-state index in [-0.39, 0.29) is 5.82 Å². The average molecular weight is 401 g/mol. The number of anilines is 1. The zero-order valence-electron chi connectivity index (χ0n) is 16.4. The predicted molar refractivity (Wildman–Crippen MR) is 115 cm³/mol. The predicted octanol–water partition coefficient (Wildman–Crippen LogP) is 4.88. The van der Waals surface area contributed by atoms with Gasteiger partial charge in [-0.25, -0.2) is 19.2 Å². The van der Waals surface area contributed by atoms with Crippen LogP contribution in [0.3, 0.4) is 0 Å². The van der Waals surface area contributed by atoms with Gasteiger partial charge in [0.05, 0.1) is 23.7 Å². The number of benzene rings is 3. The highest BCUT2D eigenvalue weighted by Gasteiger charge is 2.14.